The maximum absolute atomic E-state index is 13.2. The topological polar surface area (TPSA) is 84.4 Å². The summed E-state index contributed by atoms with van der Waals surface area (Å²) in [6, 6.07) is 6.24. The number of thiazole rings is 1. The number of likely N-dealkylation sites (tertiary alicyclic amines) is 1. The lowest BCUT2D eigenvalue weighted by Crippen LogP contribution is -2.58. The molecule has 2 amide bonds. The summed E-state index contributed by atoms with van der Waals surface area (Å²) in [4.78, 5) is 37.2. The summed E-state index contributed by atoms with van der Waals surface area (Å²) < 4.78 is 18.6. The van der Waals surface area contributed by atoms with Gasteiger partial charge in [-0.15, -0.1) is 11.3 Å². The lowest BCUT2D eigenvalue weighted by molar-refractivity contribution is -0.132. The van der Waals surface area contributed by atoms with Crippen LogP contribution in [-0.4, -0.2) is 111 Å². The number of morpholine rings is 1. The molecule has 0 aliphatic carbocycles. The lowest BCUT2D eigenvalue weighted by Gasteiger charge is -2.47. The Kier molecular flexibility index (Phi) is 16.0. The van der Waals surface area contributed by atoms with Crippen LogP contribution in [0.15, 0.2) is 23.6 Å². The number of amides is 2. The Bertz CT molecular complexity index is 1410. The Labute approximate surface area is 317 Å². The molecule has 0 bridgehead atoms. The number of unbranched alkanes of at least 4 members (excludes halogenated alkanes) is 1. The smallest absolute Gasteiger partial charge is 0.273 e. The van der Waals surface area contributed by atoms with Gasteiger partial charge < -0.3 is 23.7 Å². The van der Waals surface area contributed by atoms with Gasteiger partial charge in [-0.2, -0.15) is 0 Å². The highest BCUT2D eigenvalue weighted by molar-refractivity contribution is 7.09. The Morgan fingerprint density at radius 2 is 1.78 bits per heavy atom. The Balaban J connectivity index is 1.18. The van der Waals surface area contributed by atoms with Crippen LogP contribution >= 0.6 is 22.9 Å². The first-order chi connectivity index (χ1) is 24.3. The molecule has 1 aromatic carbocycles. The van der Waals surface area contributed by atoms with Gasteiger partial charge in [-0.25, -0.2) is 4.98 Å². The monoisotopic (exact) mass is 762 g/mol. The van der Waals surface area contributed by atoms with Crippen molar-refractivity contribution in [3.63, 3.8) is 0 Å². The maximum atomic E-state index is 13.2. The van der Waals surface area contributed by atoms with Crippen molar-refractivity contribution in [2.75, 3.05) is 65.7 Å². The second-order valence-corrected chi connectivity index (χ2v) is 21.8. The summed E-state index contributed by atoms with van der Waals surface area (Å²) >= 11 is 8.49. The quantitative estimate of drug-likeness (QED) is 0.113. The summed E-state index contributed by atoms with van der Waals surface area (Å²) in [6.07, 6.45) is 6.60. The number of nitrogens with zero attached hydrogens (tertiary/aromatic N) is 4. The molecule has 12 heteroatoms. The first-order valence-electron chi connectivity index (χ1n) is 19.1. The lowest BCUT2D eigenvalue weighted by atomic mass is 9.89. The fourth-order valence-electron chi connectivity index (χ4n) is 6.47. The van der Waals surface area contributed by atoms with Crippen molar-refractivity contribution >= 4 is 43.1 Å². The zero-order valence-corrected chi connectivity index (χ0v) is 34.9. The minimum atomic E-state index is -1.78. The van der Waals surface area contributed by atoms with E-state index in [0.29, 0.717) is 58.1 Å². The molecule has 2 aliphatic heterocycles. The number of hydrogen-bond donors (Lipinski definition) is 0. The first kappa shape index (κ1) is 41.9. The van der Waals surface area contributed by atoms with Gasteiger partial charge in [0.1, 0.15) is 5.69 Å². The molecule has 9 nitrogen and oxygen atoms in total. The molecule has 0 radical (unpaired) electrons. The fraction of sp³-hybridized carbons (Fsp3) is 0.718. The van der Waals surface area contributed by atoms with Crippen LogP contribution in [0.1, 0.15) is 99.8 Å². The molecule has 2 aromatic rings. The summed E-state index contributed by atoms with van der Waals surface area (Å²) in [6.45, 7) is 23.0. The average molecular weight is 764 g/mol. The molecule has 286 valence electrons. The third-order valence-corrected chi connectivity index (χ3v) is 16.9. The highest BCUT2D eigenvalue weighted by Gasteiger charge is 2.41. The van der Waals surface area contributed by atoms with E-state index in [1.54, 1.807) is 11.3 Å². The standard InChI is InChI=1S/C39H63ClN4O5SSi/c1-8-10-19-43(20-12-24-49-51(6,7)38(3,4)5)35(45)16-26-47-25-15-31-13-11-14-32(36(31)40)28-42-21-17-39(18-22-42)30-44(23-27-48-39)37(46)33-29-50-34(9-2)41-33/h11,13-14,29H,8-10,12,15-28,30H2,1-7H3. The zero-order valence-electron chi connectivity index (χ0n) is 32.4. The largest absolute Gasteiger partial charge is 0.417 e. The van der Waals surface area contributed by atoms with Gasteiger partial charge in [-0.3, -0.25) is 14.5 Å². The van der Waals surface area contributed by atoms with Crippen molar-refractivity contribution in [2.24, 2.45) is 0 Å². The van der Waals surface area contributed by atoms with Gasteiger partial charge in [0.15, 0.2) is 8.32 Å². The summed E-state index contributed by atoms with van der Waals surface area (Å²) in [5.41, 5.74) is 2.44. The van der Waals surface area contributed by atoms with Gasteiger partial charge in [-0.05, 0) is 67.8 Å². The number of halogens is 1. The molecule has 1 aromatic heterocycles. The minimum absolute atomic E-state index is 0.0163. The first-order valence-corrected chi connectivity index (χ1v) is 23.3. The third kappa shape index (κ3) is 12.1. The molecule has 1 spiro atoms. The zero-order chi connectivity index (χ0) is 37.1. The number of benzene rings is 1. The SMILES string of the molecule is CCCCN(CCCO[Si](C)(C)C(C)(C)C)C(=O)CCOCCc1cccc(CN2CCC3(CC2)CN(C(=O)c2csc(CC)n2)CCO3)c1Cl. The molecule has 3 heterocycles. The van der Waals surface area contributed by atoms with Crippen molar-refractivity contribution in [3.8, 4) is 0 Å². The number of ether oxygens (including phenoxy) is 2. The minimum Gasteiger partial charge on any atom is -0.417 e. The average Bonchev–Trinajstić information content (AvgIpc) is 3.59. The Morgan fingerprint density at radius 3 is 2.47 bits per heavy atom. The summed E-state index contributed by atoms with van der Waals surface area (Å²) in [7, 11) is -1.78. The molecule has 51 heavy (non-hydrogen) atoms. The van der Waals surface area contributed by atoms with Gasteiger partial charge in [0.2, 0.25) is 5.91 Å². The predicted molar refractivity (Wildman–Crippen MR) is 210 cm³/mol. The number of carbonyl (C=O) groups excluding carboxylic acids is 2. The van der Waals surface area contributed by atoms with Crippen molar-refractivity contribution in [2.45, 2.75) is 116 Å². The second-order valence-electron chi connectivity index (χ2n) is 15.7. The van der Waals surface area contributed by atoms with Gasteiger partial charge >= 0.3 is 0 Å². The molecule has 2 fully saturated rings. The van der Waals surface area contributed by atoms with Gasteiger partial charge in [-0.1, -0.05) is 70.8 Å². The predicted octanol–water partition coefficient (Wildman–Crippen LogP) is 7.86. The number of rotatable bonds is 18. The number of aryl methyl sites for hydroxylation is 1. The van der Waals surface area contributed by atoms with E-state index in [-0.39, 0.29) is 22.5 Å². The van der Waals surface area contributed by atoms with E-state index >= 15 is 0 Å². The molecule has 0 unspecified atom stereocenters. The van der Waals surface area contributed by atoms with E-state index in [0.717, 1.165) is 92.4 Å². The number of carbonyl (C=O) groups is 2. The van der Waals surface area contributed by atoms with Crippen LogP contribution in [0.25, 0.3) is 0 Å². The Morgan fingerprint density at radius 1 is 1.06 bits per heavy atom. The maximum Gasteiger partial charge on any atom is 0.273 e. The molecule has 2 saturated heterocycles. The van der Waals surface area contributed by atoms with E-state index in [1.807, 2.05) is 15.2 Å². The van der Waals surface area contributed by atoms with Gasteiger partial charge in [0.05, 0.1) is 43.4 Å². The van der Waals surface area contributed by atoms with E-state index in [2.05, 4.69) is 75.8 Å². The van der Waals surface area contributed by atoms with Crippen LogP contribution in [0.4, 0.5) is 0 Å². The van der Waals surface area contributed by atoms with E-state index in [1.165, 1.54) is 0 Å². The van der Waals surface area contributed by atoms with Crippen LogP contribution in [0.3, 0.4) is 0 Å². The molecule has 0 N–H and O–H groups in total. The van der Waals surface area contributed by atoms with Crippen LogP contribution in [-0.2, 0) is 38.1 Å². The van der Waals surface area contributed by atoms with Gasteiger partial charge in [0.25, 0.3) is 5.91 Å². The second kappa shape index (κ2) is 19.5. The van der Waals surface area contributed by atoms with Crippen molar-refractivity contribution in [1.29, 1.82) is 0 Å². The van der Waals surface area contributed by atoms with E-state index < -0.39 is 8.32 Å². The molecule has 4 rings (SSSR count). The molecular weight excluding hydrogens is 700 g/mol. The number of hydrogen-bond acceptors (Lipinski definition) is 8. The van der Waals surface area contributed by atoms with E-state index in [9.17, 15) is 9.59 Å². The molecule has 0 saturated carbocycles. The van der Waals surface area contributed by atoms with Crippen molar-refractivity contribution in [3.05, 3.63) is 50.4 Å². The van der Waals surface area contributed by atoms with Crippen LogP contribution in [0.5, 0.6) is 0 Å². The third-order valence-electron chi connectivity index (χ3n) is 10.9. The number of aromatic nitrogens is 1. The highest BCUT2D eigenvalue weighted by atomic mass is 35.5. The van der Waals surface area contributed by atoms with Crippen molar-refractivity contribution < 1.29 is 23.5 Å². The van der Waals surface area contributed by atoms with Crippen LogP contribution < -0.4 is 0 Å². The summed E-state index contributed by atoms with van der Waals surface area (Å²) in [5, 5.41) is 3.86. The van der Waals surface area contributed by atoms with Crippen LogP contribution in [0, 0.1) is 0 Å². The van der Waals surface area contributed by atoms with Gasteiger partial charge in [0, 0.05) is 56.3 Å². The van der Waals surface area contributed by atoms with Crippen molar-refractivity contribution in [1.82, 2.24) is 19.7 Å². The molecule has 0 atom stereocenters. The van der Waals surface area contributed by atoms with Crippen LogP contribution in [0.2, 0.25) is 23.2 Å². The molecule has 2 aliphatic rings. The summed E-state index contributed by atoms with van der Waals surface area (Å²) in [5.74, 6) is 0.171. The highest BCUT2D eigenvalue weighted by Crippen LogP contribution is 2.36. The van der Waals surface area contributed by atoms with E-state index in [4.69, 9.17) is 25.5 Å². The fourth-order valence-corrected chi connectivity index (χ4v) is 8.56. The normalized spacial score (nSPS) is 16.9. The Hall–Kier alpha value is -1.86. The molecular formula is C39H63ClN4O5SSi. The number of piperidine rings is 1.